The minimum atomic E-state index is 0.0857. The molecule has 0 saturated heterocycles. The van der Waals surface area contributed by atoms with Gasteiger partial charge in [-0.25, -0.2) is 29.9 Å². The number of fused-ring (bicyclic) bond motifs is 2. The standard InChI is InChI=1S/C22H26N6S.C18H17N5OS/c1-22(2,11-27(3)4)12-28-14-26-18(15-8-6-5-7-9-15)19(28)17-10-16-20(23)24-13-25-21(16)29-17;19-17-13-9-14(25-18(13)21-10-20-17)16-15(12-5-2-1-3-6-12)22-11-23(16)7-4-8-24/h5-10,13-14H,11-12H2,1-4H3,(H2,23,24,25);1-3,5-6,9-11,24H,4,7-8H2,(H2,19,20,21). The highest BCUT2D eigenvalue weighted by Gasteiger charge is 2.25. The average Bonchev–Trinajstić information content (AvgIpc) is 3.96. The van der Waals surface area contributed by atoms with Crippen molar-refractivity contribution >= 4 is 54.7 Å². The summed E-state index contributed by atoms with van der Waals surface area (Å²) < 4.78 is 4.34. The van der Waals surface area contributed by atoms with Gasteiger partial charge in [0.25, 0.3) is 0 Å². The molecule has 0 radical (unpaired) electrons. The van der Waals surface area contributed by atoms with Gasteiger partial charge in [-0.15, -0.1) is 22.7 Å². The van der Waals surface area contributed by atoms with Gasteiger partial charge in [0.2, 0.25) is 0 Å². The maximum Gasteiger partial charge on any atom is 0.135 e. The quantitative estimate of drug-likeness (QED) is 0.120. The van der Waals surface area contributed by atoms with E-state index >= 15 is 0 Å². The molecule has 0 fully saturated rings. The van der Waals surface area contributed by atoms with Crippen molar-refractivity contribution in [2.45, 2.75) is 33.4 Å². The lowest BCUT2D eigenvalue weighted by Crippen LogP contribution is -2.32. The van der Waals surface area contributed by atoms with E-state index in [4.69, 9.17) is 16.5 Å². The van der Waals surface area contributed by atoms with Gasteiger partial charge in [-0.2, -0.15) is 0 Å². The fraction of sp³-hybridized carbons (Fsp3) is 0.250. The molecule has 0 bridgehead atoms. The van der Waals surface area contributed by atoms with E-state index in [1.165, 1.54) is 12.7 Å². The minimum absolute atomic E-state index is 0.0857. The topological polar surface area (TPSA) is 163 Å². The zero-order valence-corrected chi connectivity index (χ0v) is 32.3. The van der Waals surface area contributed by atoms with Crippen LogP contribution in [0.25, 0.3) is 64.1 Å². The molecule has 54 heavy (non-hydrogen) atoms. The third-order valence-corrected chi connectivity index (χ3v) is 11.0. The molecule has 0 aliphatic heterocycles. The van der Waals surface area contributed by atoms with Crippen LogP contribution in [0.15, 0.2) is 98.1 Å². The second-order valence-electron chi connectivity index (χ2n) is 14.1. The molecule has 276 valence electrons. The van der Waals surface area contributed by atoms with Gasteiger partial charge >= 0.3 is 0 Å². The van der Waals surface area contributed by atoms with Crippen molar-refractivity contribution in [3.63, 3.8) is 0 Å². The molecule has 6 heterocycles. The summed E-state index contributed by atoms with van der Waals surface area (Å²) in [6, 6.07) is 24.5. The van der Waals surface area contributed by atoms with Gasteiger partial charge in [-0.1, -0.05) is 74.5 Å². The third kappa shape index (κ3) is 7.87. The number of nitrogens with zero attached hydrogens (tertiary/aromatic N) is 9. The van der Waals surface area contributed by atoms with E-state index in [0.29, 0.717) is 24.6 Å². The second kappa shape index (κ2) is 15.8. The minimum Gasteiger partial charge on any atom is -0.396 e. The van der Waals surface area contributed by atoms with Crippen LogP contribution in [0.4, 0.5) is 11.6 Å². The predicted octanol–water partition coefficient (Wildman–Crippen LogP) is 7.58. The number of thiophene rings is 2. The van der Waals surface area contributed by atoms with Gasteiger partial charge in [0.05, 0.1) is 56.0 Å². The number of imidazole rings is 2. The summed E-state index contributed by atoms with van der Waals surface area (Å²) in [7, 11) is 4.22. The van der Waals surface area contributed by atoms with Crippen molar-refractivity contribution in [3.05, 3.63) is 98.1 Å². The van der Waals surface area contributed by atoms with Crippen LogP contribution in [0.5, 0.6) is 0 Å². The smallest absolute Gasteiger partial charge is 0.135 e. The van der Waals surface area contributed by atoms with Crippen molar-refractivity contribution in [2.24, 2.45) is 5.41 Å². The Morgan fingerprint density at radius 1 is 0.685 bits per heavy atom. The van der Waals surface area contributed by atoms with Crippen LogP contribution in [0.3, 0.4) is 0 Å². The van der Waals surface area contributed by atoms with Gasteiger partial charge in [-0.05, 0) is 38.1 Å². The maximum atomic E-state index is 9.20. The lowest BCUT2D eigenvalue weighted by molar-refractivity contribution is 0.212. The predicted molar refractivity (Wildman–Crippen MR) is 221 cm³/mol. The highest BCUT2D eigenvalue weighted by atomic mass is 32.1. The van der Waals surface area contributed by atoms with E-state index in [0.717, 1.165) is 77.2 Å². The molecule has 8 aromatic rings. The second-order valence-corrected chi connectivity index (χ2v) is 16.2. The molecule has 5 N–H and O–H groups in total. The highest BCUT2D eigenvalue weighted by molar-refractivity contribution is 7.22. The number of aliphatic hydroxyl groups excluding tert-OH is 1. The fourth-order valence-electron chi connectivity index (χ4n) is 6.77. The lowest BCUT2D eigenvalue weighted by atomic mass is 9.92. The number of nitrogens with two attached hydrogens (primary N) is 2. The number of anilines is 2. The molecule has 0 saturated carbocycles. The number of rotatable bonds is 11. The Hall–Kier alpha value is -5.54. The highest BCUT2D eigenvalue weighted by Crippen LogP contribution is 2.41. The summed E-state index contributed by atoms with van der Waals surface area (Å²) >= 11 is 3.20. The van der Waals surface area contributed by atoms with Gasteiger partial charge in [0.1, 0.15) is 34.0 Å². The van der Waals surface area contributed by atoms with Crippen molar-refractivity contribution in [1.82, 2.24) is 43.9 Å². The van der Waals surface area contributed by atoms with Crippen LogP contribution in [0.1, 0.15) is 20.3 Å². The van der Waals surface area contributed by atoms with Crippen LogP contribution >= 0.6 is 22.7 Å². The molecule has 0 aliphatic rings. The molecule has 14 heteroatoms. The first-order valence-corrected chi connectivity index (χ1v) is 19.2. The molecule has 8 rings (SSSR count). The van der Waals surface area contributed by atoms with Crippen molar-refractivity contribution in [1.29, 1.82) is 0 Å². The summed E-state index contributed by atoms with van der Waals surface area (Å²) in [5, 5.41) is 11.0. The number of aryl methyl sites for hydroxylation is 1. The van der Waals surface area contributed by atoms with E-state index in [1.54, 1.807) is 22.7 Å². The van der Waals surface area contributed by atoms with Crippen molar-refractivity contribution in [2.75, 3.05) is 38.7 Å². The van der Waals surface area contributed by atoms with Crippen LogP contribution in [-0.4, -0.2) is 76.3 Å². The third-order valence-electron chi connectivity index (χ3n) is 8.86. The number of benzene rings is 2. The largest absolute Gasteiger partial charge is 0.396 e. The Morgan fingerprint density at radius 3 is 1.63 bits per heavy atom. The van der Waals surface area contributed by atoms with Gasteiger partial charge in [0.15, 0.2) is 0 Å². The molecular formula is C40H43N11OS2. The number of aromatic nitrogens is 8. The summed E-state index contributed by atoms with van der Waals surface area (Å²) in [6.45, 7) is 7.25. The van der Waals surface area contributed by atoms with E-state index in [1.807, 2.05) is 67.3 Å². The molecule has 0 aliphatic carbocycles. The summed E-state index contributed by atoms with van der Waals surface area (Å²) in [6.07, 6.45) is 7.46. The van der Waals surface area contributed by atoms with E-state index < -0.39 is 0 Å². The monoisotopic (exact) mass is 757 g/mol. The van der Waals surface area contributed by atoms with Crippen LogP contribution in [-0.2, 0) is 13.1 Å². The van der Waals surface area contributed by atoms with E-state index in [9.17, 15) is 5.11 Å². The first-order chi connectivity index (χ1) is 26.1. The van der Waals surface area contributed by atoms with Gasteiger partial charge in [0, 0.05) is 37.4 Å². The first kappa shape index (κ1) is 36.8. The van der Waals surface area contributed by atoms with Gasteiger partial charge < -0.3 is 30.6 Å². The maximum absolute atomic E-state index is 9.20. The summed E-state index contributed by atoms with van der Waals surface area (Å²) in [5.41, 5.74) is 18.3. The zero-order chi connectivity index (χ0) is 37.8. The molecule has 0 amide bonds. The van der Waals surface area contributed by atoms with Crippen LogP contribution in [0, 0.1) is 5.41 Å². The summed E-state index contributed by atoms with van der Waals surface area (Å²) in [5.74, 6) is 0.993. The Balaban J connectivity index is 0.000000168. The zero-order valence-electron chi connectivity index (χ0n) is 30.7. The van der Waals surface area contributed by atoms with Crippen LogP contribution < -0.4 is 11.5 Å². The van der Waals surface area contributed by atoms with Crippen molar-refractivity contribution in [3.8, 4) is 43.7 Å². The normalized spacial score (nSPS) is 11.7. The molecule has 6 aromatic heterocycles. The number of hydrogen-bond acceptors (Lipinski definition) is 12. The first-order valence-electron chi connectivity index (χ1n) is 17.6. The Morgan fingerprint density at radius 2 is 1.17 bits per heavy atom. The van der Waals surface area contributed by atoms with E-state index in [2.05, 4.69) is 85.1 Å². The van der Waals surface area contributed by atoms with Crippen LogP contribution in [0.2, 0.25) is 0 Å². The average molecular weight is 758 g/mol. The molecule has 2 aromatic carbocycles. The molecule has 12 nitrogen and oxygen atoms in total. The number of nitrogen functional groups attached to an aromatic ring is 2. The molecule has 0 unspecified atom stereocenters. The summed E-state index contributed by atoms with van der Waals surface area (Å²) in [4.78, 5) is 32.5. The van der Waals surface area contributed by atoms with Crippen molar-refractivity contribution < 1.29 is 5.11 Å². The van der Waals surface area contributed by atoms with Gasteiger partial charge in [-0.3, -0.25) is 0 Å². The number of aliphatic hydroxyl groups is 1. The SMILES string of the molecule is CN(C)CC(C)(C)Cn1cnc(-c2ccccc2)c1-c1cc2c(N)ncnc2s1.Nc1ncnc2sc(-c3c(-c4ccccc4)ncn3CCCO)cc12. The Bertz CT molecular complexity index is 2480. The fourth-order valence-corrected chi connectivity index (χ4v) is 8.91. The Kier molecular flexibility index (Phi) is 10.8. The molecular weight excluding hydrogens is 715 g/mol. The van der Waals surface area contributed by atoms with E-state index in [-0.39, 0.29) is 12.0 Å². The molecule has 0 atom stereocenters. The lowest BCUT2D eigenvalue weighted by Gasteiger charge is -2.29. The molecule has 0 spiro atoms. The number of hydrogen-bond donors (Lipinski definition) is 3. The Labute approximate surface area is 321 Å².